The van der Waals surface area contributed by atoms with Crippen LogP contribution in [0, 0.1) is 16.7 Å². The molecule has 0 aliphatic rings. The normalized spacial score (nSPS) is 13.1. The zero-order valence-corrected chi connectivity index (χ0v) is 16.3. The van der Waals surface area contributed by atoms with Crippen LogP contribution in [-0.2, 0) is 4.74 Å². The van der Waals surface area contributed by atoms with E-state index in [4.69, 9.17) is 10.1 Å². The molecule has 3 N–H and O–H groups in total. The molecule has 0 saturated carbocycles. The van der Waals surface area contributed by atoms with E-state index in [-0.39, 0.29) is 28.1 Å². The molecule has 0 aliphatic carbocycles. The van der Waals surface area contributed by atoms with Gasteiger partial charge in [-0.1, -0.05) is 30.3 Å². The van der Waals surface area contributed by atoms with Crippen molar-refractivity contribution in [3.05, 3.63) is 75.1 Å². The van der Waals surface area contributed by atoms with Gasteiger partial charge in [-0.25, -0.2) is 4.98 Å². The molecule has 7 nitrogen and oxygen atoms in total. The fourth-order valence-corrected chi connectivity index (χ4v) is 4.06. The van der Waals surface area contributed by atoms with Gasteiger partial charge in [0, 0.05) is 5.69 Å². The minimum Gasteiger partial charge on any atom is -0.480 e. The molecule has 0 fully saturated rings. The van der Waals surface area contributed by atoms with Crippen LogP contribution in [0.3, 0.4) is 0 Å². The molecule has 4 aromatic rings. The highest BCUT2D eigenvalue weighted by molar-refractivity contribution is 7.07. The van der Waals surface area contributed by atoms with E-state index in [0.29, 0.717) is 16.2 Å². The first-order valence-electron chi connectivity index (χ1n) is 8.91. The SMILES string of the molecule is CCOC(O)=c1s/c(=C(/C#N)c2nc3ccccc3[nH]2)n(-c2ccccc2)c1=N. The second kappa shape index (κ2) is 7.66. The summed E-state index contributed by atoms with van der Waals surface area (Å²) < 4.78 is 7.55. The summed E-state index contributed by atoms with van der Waals surface area (Å²) >= 11 is 1.11. The van der Waals surface area contributed by atoms with Crippen LogP contribution >= 0.6 is 11.3 Å². The molecule has 29 heavy (non-hydrogen) atoms. The van der Waals surface area contributed by atoms with Gasteiger partial charge in [0.25, 0.3) is 5.95 Å². The van der Waals surface area contributed by atoms with Gasteiger partial charge < -0.3 is 14.8 Å². The maximum atomic E-state index is 10.3. The van der Waals surface area contributed by atoms with E-state index in [1.54, 1.807) is 11.5 Å². The first-order chi connectivity index (χ1) is 14.1. The number of nitrogens with zero attached hydrogens (tertiary/aromatic N) is 3. The highest BCUT2D eigenvalue weighted by Gasteiger charge is 2.16. The number of hydrogen-bond donors (Lipinski definition) is 3. The topological polar surface area (TPSA) is 111 Å². The fourth-order valence-electron chi connectivity index (χ4n) is 3.00. The van der Waals surface area contributed by atoms with E-state index in [1.165, 1.54) is 0 Å². The first kappa shape index (κ1) is 18.5. The Bertz CT molecular complexity index is 1370. The number of para-hydroxylation sites is 3. The molecule has 0 atom stereocenters. The largest absolute Gasteiger partial charge is 0.480 e. The zero-order valence-electron chi connectivity index (χ0n) is 15.5. The average Bonchev–Trinajstić information content (AvgIpc) is 3.31. The first-order valence-corrected chi connectivity index (χ1v) is 9.73. The number of H-pyrrole nitrogens is 1. The van der Waals surface area contributed by atoms with E-state index in [1.807, 2.05) is 54.6 Å². The highest BCUT2D eigenvalue weighted by Crippen LogP contribution is 2.15. The second-order valence-corrected chi connectivity index (χ2v) is 7.08. The summed E-state index contributed by atoms with van der Waals surface area (Å²) in [7, 11) is 0. The number of aromatic nitrogens is 3. The van der Waals surface area contributed by atoms with Gasteiger partial charge in [-0.05, 0) is 31.2 Å². The average molecular weight is 403 g/mol. The molecule has 0 amide bonds. The number of ether oxygens (including phenoxy) is 1. The van der Waals surface area contributed by atoms with Crippen molar-refractivity contribution in [1.29, 1.82) is 10.7 Å². The summed E-state index contributed by atoms with van der Waals surface area (Å²) in [5.74, 6) is 0.0717. The predicted octanol–water partition coefficient (Wildman–Crippen LogP) is 2.28. The Morgan fingerprint density at radius 1 is 1.24 bits per heavy atom. The van der Waals surface area contributed by atoms with Gasteiger partial charge in [0.2, 0.25) is 0 Å². The van der Waals surface area contributed by atoms with Gasteiger partial charge >= 0.3 is 0 Å². The van der Waals surface area contributed by atoms with Crippen LogP contribution in [-0.4, -0.2) is 26.2 Å². The number of benzene rings is 2. The molecule has 2 aromatic heterocycles. The minimum atomic E-state index is -0.333. The molecule has 0 spiro atoms. The molecule has 144 valence electrons. The zero-order chi connectivity index (χ0) is 20.4. The van der Waals surface area contributed by atoms with Crippen LogP contribution in [0.5, 0.6) is 0 Å². The lowest BCUT2D eigenvalue weighted by Gasteiger charge is -2.03. The van der Waals surface area contributed by atoms with Crippen molar-refractivity contribution in [3.63, 3.8) is 0 Å². The van der Waals surface area contributed by atoms with Crippen LogP contribution in [0.15, 0.2) is 54.6 Å². The molecular weight excluding hydrogens is 386 g/mol. The van der Waals surface area contributed by atoms with Crippen molar-refractivity contribution in [2.24, 2.45) is 0 Å². The molecule has 0 bridgehead atoms. The van der Waals surface area contributed by atoms with Crippen molar-refractivity contribution in [3.8, 4) is 11.8 Å². The molecule has 0 radical (unpaired) electrons. The monoisotopic (exact) mass is 403 g/mol. The van der Waals surface area contributed by atoms with Gasteiger partial charge in [-0.3, -0.25) is 9.98 Å². The van der Waals surface area contributed by atoms with E-state index in [0.717, 1.165) is 22.4 Å². The fraction of sp³-hybridized carbons (Fsp3) is 0.0952. The van der Waals surface area contributed by atoms with Gasteiger partial charge in [0.1, 0.15) is 16.3 Å². The van der Waals surface area contributed by atoms with Crippen LogP contribution in [0.4, 0.5) is 0 Å². The van der Waals surface area contributed by atoms with E-state index in [9.17, 15) is 10.4 Å². The maximum Gasteiger partial charge on any atom is 0.298 e. The number of nitriles is 1. The third kappa shape index (κ3) is 3.28. The van der Waals surface area contributed by atoms with Crippen LogP contribution in [0.25, 0.3) is 28.2 Å². The van der Waals surface area contributed by atoms with E-state index in [2.05, 4.69) is 16.0 Å². The molecule has 0 saturated heterocycles. The lowest BCUT2D eigenvalue weighted by Crippen LogP contribution is -2.32. The summed E-state index contributed by atoms with van der Waals surface area (Å²) in [6.45, 7) is 2.02. The Morgan fingerprint density at radius 3 is 2.66 bits per heavy atom. The summed E-state index contributed by atoms with van der Waals surface area (Å²) in [5, 5.41) is 28.8. The van der Waals surface area contributed by atoms with Gasteiger partial charge in [0.15, 0.2) is 15.8 Å². The summed E-state index contributed by atoms with van der Waals surface area (Å²) in [6.07, 6.45) is 0. The number of fused-ring (bicyclic) bond motifs is 1. The minimum absolute atomic E-state index is 0.0333. The van der Waals surface area contributed by atoms with Gasteiger partial charge in [-0.15, -0.1) is 11.3 Å². The summed E-state index contributed by atoms with van der Waals surface area (Å²) in [6, 6.07) is 19.0. The Hall–Kier alpha value is -3.83. The van der Waals surface area contributed by atoms with Crippen LogP contribution in [0.2, 0.25) is 0 Å². The summed E-state index contributed by atoms with van der Waals surface area (Å²) in [4.78, 5) is 7.70. The number of nitrogens with one attached hydrogen (secondary N) is 2. The molecule has 2 aromatic carbocycles. The molecular formula is C21H17N5O2S. The number of aliphatic hydroxyl groups is 1. The standard InChI is InChI=1S/C21H17N5O2S/c1-2-28-21(27)17-18(23)26(13-8-4-3-5-9-13)20(29-17)14(12-22)19-24-15-10-6-7-11-16(15)25-19/h3-11,23,27H,2H2,1H3,(H,24,25)/b20-14-,21-17?,23-18?. The van der Waals surface area contributed by atoms with Crippen LogP contribution in [0.1, 0.15) is 12.7 Å². The van der Waals surface area contributed by atoms with E-state index >= 15 is 0 Å². The predicted molar refractivity (Wildman–Crippen MR) is 111 cm³/mol. The number of aliphatic hydroxyl groups excluding tert-OH is 1. The van der Waals surface area contributed by atoms with Crippen molar-refractivity contribution < 1.29 is 9.84 Å². The molecule has 8 heteroatoms. The Balaban J connectivity index is 2.13. The van der Waals surface area contributed by atoms with E-state index < -0.39 is 0 Å². The Labute approximate surface area is 169 Å². The lowest BCUT2D eigenvalue weighted by molar-refractivity contribution is 0.190. The summed E-state index contributed by atoms with van der Waals surface area (Å²) in [5.41, 5.74) is 2.56. The van der Waals surface area contributed by atoms with Gasteiger partial charge in [-0.2, -0.15) is 5.26 Å². The molecule has 2 heterocycles. The lowest BCUT2D eigenvalue weighted by atomic mass is 10.3. The van der Waals surface area contributed by atoms with Crippen LogP contribution < -0.4 is 14.7 Å². The molecule has 4 rings (SSSR count). The quantitative estimate of drug-likeness (QED) is 0.485. The number of rotatable bonds is 4. The smallest absolute Gasteiger partial charge is 0.298 e. The molecule has 0 unspecified atom stereocenters. The highest BCUT2D eigenvalue weighted by atomic mass is 32.1. The third-order valence-electron chi connectivity index (χ3n) is 4.28. The maximum absolute atomic E-state index is 10.3. The van der Waals surface area contributed by atoms with Crippen molar-refractivity contribution in [1.82, 2.24) is 14.5 Å². The number of aromatic amines is 1. The Morgan fingerprint density at radius 2 is 1.97 bits per heavy atom. The number of hydrogen-bond acceptors (Lipinski definition) is 6. The second-order valence-electron chi connectivity index (χ2n) is 6.08. The third-order valence-corrected chi connectivity index (χ3v) is 5.43. The van der Waals surface area contributed by atoms with Crippen molar-refractivity contribution >= 4 is 33.9 Å². The van der Waals surface area contributed by atoms with Gasteiger partial charge in [0.05, 0.1) is 17.6 Å². The van der Waals surface area contributed by atoms with Crippen molar-refractivity contribution in [2.75, 3.05) is 6.61 Å². The number of thiazole rings is 1. The Kier molecular flexibility index (Phi) is 4.89. The van der Waals surface area contributed by atoms with Crippen molar-refractivity contribution in [2.45, 2.75) is 6.92 Å². The number of imidazole rings is 1. The molecule has 0 aliphatic heterocycles.